The van der Waals surface area contributed by atoms with E-state index in [1.165, 1.54) is 30.6 Å². The molecule has 0 aliphatic carbocycles. The fraction of sp³-hybridized carbons (Fsp3) is 0.562. The molecular formula is C16H20ClN3. The highest BCUT2D eigenvalue weighted by Crippen LogP contribution is 2.40. The largest absolute Gasteiger partial charge is 0.328 e. The van der Waals surface area contributed by atoms with Crippen LogP contribution in [0, 0.1) is 0 Å². The highest BCUT2D eigenvalue weighted by molar-refractivity contribution is 6.31. The van der Waals surface area contributed by atoms with Crippen LogP contribution in [0.25, 0.3) is 11.0 Å². The minimum absolute atomic E-state index is 0.575. The van der Waals surface area contributed by atoms with E-state index in [-0.39, 0.29) is 0 Å². The van der Waals surface area contributed by atoms with Crippen LogP contribution in [0.2, 0.25) is 5.02 Å². The van der Waals surface area contributed by atoms with Gasteiger partial charge in [-0.1, -0.05) is 18.5 Å². The molecule has 4 heteroatoms. The van der Waals surface area contributed by atoms with E-state index in [0.29, 0.717) is 18.0 Å². The second-order valence-electron chi connectivity index (χ2n) is 6.14. The SMILES string of the molecule is CCCn1c(C2CC3CCC2N3)nc2ccc(Cl)cc21. The second-order valence-corrected chi connectivity index (χ2v) is 6.58. The molecule has 2 aromatic rings. The lowest BCUT2D eigenvalue weighted by molar-refractivity contribution is 0.467. The quantitative estimate of drug-likeness (QED) is 0.933. The highest BCUT2D eigenvalue weighted by atomic mass is 35.5. The molecule has 2 aliphatic heterocycles. The third-order valence-electron chi connectivity index (χ3n) is 4.82. The lowest BCUT2D eigenvalue weighted by atomic mass is 9.88. The zero-order chi connectivity index (χ0) is 13.7. The smallest absolute Gasteiger partial charge is 0.114 e. The van der Waals surface area contributed by atoms with Crippen LogP contribution in [-0.2, 0) is 6.54 Å². The number of aryl methyl sites for hydroxylation is 1. The van der Waals surface area contributed by atoms with Gasteiger partial charge in [0, 0.05) is 29.6 Å². The Balaban J connectivity index is 1.83. The maximum absolute atomic E-state index is 6.17. The van der Waals surface area contributed by atoms with Gasteiger partial charge in [-0.05, 0) is 43.9 Å². The van der Waals surface area contributed by atoms with Crippen molar-refractivity contribution in [3.8, 4) is 0 Å². The van der Waals surface area contributed by atoms with Crippen LogP contribution in [0.4, 0.5) is 0 Å². The number of aromatic nitrogens is 2. The van der Waals surface area contributed by atoms with Crippen molar-refractivity contribution in [1.82, 2.24) is 14.9 Å². The van der Waals surface area contributed by atoms with Gasteiger partial charge in [-0.25, -0.2) is 4.98 Å². The highest BCUT2D eigenvalue weighted by Gasteiger charge is 2.41. The number of hydrogen-bond acceptors (Lipinski definition) is 2. The Labute approximate surface area is 124 Å². The normalized spacial score (nSPS) is 28.6. The fourth-order valence-corrected chi connectivity index (χ4v) is 4.13. The van der Waals surface area contributed by atoms with Crippen molar-refractivity contribution in [2.45, 2.75) is 57.2 Å². The Morgan fingerprint density at radius 2 is 2.30 bits per heavy atom. The average molecular weight is 290 g/mol. The van der Waals surface area contributed by atoms with E-state index in [4.69, 9.17) is 16.6 Å². The lowest BCUT2D eigenvalue weighted by Crippen LogP contribution is -2.23. The van der Waals surface area contributed by atoms with Crippen molar-refractivity contribution in [2.24, 2.45) is 0 Å². The van der Waals surface area contributed by atoms with Crippen LogP contribution < -0.4 is 5.32 Å². The van der Waals surface area contributed by atoms with E-state index in [1.54, 1.807) is 0 Å². The molecule has 4 rings (SSSR count). The van der Waals surface area contributed by atoms with Crippen LogP contribution in [0.15, 0.2) is 18.2 Å². The zero-order valence-electron chi connectivity index (χ0n) is 11.8. The summed E-state index contributed by atoms with van der Waals surface area (Å²) in [6.07, 6.45) is 5.00. The molecule has 2 aliphatic rings. The Hall–Kier alpha value is -1.06. The molecule has 20 heavy (non-hydrogen) atoms. The molecule has 3 unspecified atom stereocenters. The molecule has 2 saturated heterocycles. The summed E-state index contributed by atoms with van der Waals surface area (Å²) in [5, 5.41) is 4.52. The van der Waals surface area contributed by atoms with Crippen LogP contribution >= 0.6 is 11.6 Å². The zero-order valence-corrected chi connectivity index (χ0v) is 12.5. The molecule has 1 N–H and O–H groups in total. The van der Waals surface area contributed by atoms with Crippen molar-refractivity contribution in [3.63, 3.8) is 0 Å². The van der Waals surface area contributed by atoms with Crippen LogP contribution in [0.5, 0.6) is 0 Å². The Morgan fingerprint density at radius 1 is 1.40 bits per heavy atom. The van der Waals surface area contributed by atoms with E-state index >= 15 is 0 Å². The molecule has 2 bridgehead atoms. The molecule has 0 amide bonds. The lowest BCUT2D eigenvalue weighted by Gasteiger charge is -2.21. The fourth-order valence-electron chi connectivity index (χ4n) is 3.97. The molecule has 3 nitrogen and oxygen atoms in total. The number of hydrogen-bond donors (Lipinski definition) is 1. The molecule has 3 heterocycles. The standard InChI is InChI=1S/C16H20ClN3/c1-2-7-20-15-8-10(17)3-5-14(15)19-16(20)12-9-11-4-6-13(12)18-11/h3,5,8,11-13,18H,2,4,6-7,9H2,1H3. The summed E-state index contributed by atoms with van der Waals surface area (Å²) in [4.78, 5) is 4.94. The van der Waals surface area contributed by atoms with E-state index in [0.717, 1.165) is 23.5 Å². The van der Waals surface area contributed by atoms with E-state index in [9.17, 15) is 0 Å². The molecular weight excluding hydrogens is 270 g/mol. The predicted octanol–water partition coefficient (Wildman–Crippen LogP) is 3.71. The molecule has 2 fully saturated rings. The van der Waals surface area contributed by atoms with Gasteiger partial charge in [0.05, 0.1) is 11.0 Å². The van der Waals surface area contributed by atoms with Crippen molar-refractivity contribution in [1.29, 1.82) is 0 Å². The third kappa shape index (κ3) is 1.87. The third-order valence-corrected chi connectivity index (χ3v) is 5.05. The van der Waals surface area contributed by atoms with E-state index in [2.05, 4.69) is 22.9 Å². The first kappa shape index (κ1) is 12.7. The minimum Gasteiger partial charge on any atom is -0.328 e. The first-order valence-electron chi connectivity index (χ1n) is 7.68. The maximum Gasteiger partial charge on any atom is 0.114 e. The number of imidazole rings is 1. The average Bonchev–Trinajstić information content (AvgIpc) is 3.13. The van der Waals surface area contributed by atoms with Crippen LogP contribution in [-0.4, -0.2) is 21.6 Å². The Morgan fingerprint density at radius 3 is 3.00 bits per heavy atom. The number of halogens is 1. The molecule has 0 spiro atoms. The van der Waals surface area contributed by atoms with E-state index < -0.39 is 0 Å². The van der Waals surface area contributed by atoms with Gasteiger partial charge >= 0.3 is 0 Å². The molecule has 0 saturated carbocycles. The predicted molar refractivity (Wildman–Crippen MR) is 82.3 cm³/mol. The Bertz CT molecular complexity index is 648. The van der Waals surface area contributed by atoms with Crippen LogP contribution in [0.3, 0.4) is 0 Å². The molecule has 1 aromatic heterocycles. The number of fused-ring (bicyclic) bond motifs is 3. The summed E-state index contributed by atoms with van der Waals surface area (Å²) in [5.41, 5.74) is 2.28. The number of rotatable bonds is 3. The summed E-state index contributed by atoms with van der Waals surface area (Å²) >= 11 is 6.17. The first-order chi connectivity index (χ1) is 9.76. The van der Waals surface area contributed by atoms with Gasteiger partial charge in [0.2, 0.25) is 0 Å². The van der Waals surface area contributed by atoms with Gasteiger partial charge < -0.3 is 9.88 Å². The summed E-state index contributed by atoms with van der Waals surface area (Å²) < 4.78 is 2.40. The number of benzene rings is 1. The summed E-state index contributed by atoms with van der Waals surface area (Å²) in [6, 6.07) is 7.39. The van der Waals surface area contributed by atoms with Crippen molar-refractivity contribution >= 4 is 22.6 Å². The van der Waals surface area contributed by atoms with Gasteiger partial charge in [-0.15, -0.1) is 0 Å². The van der Waals surface area contributed by atoms with E-state index in [1.807, 2.05) is 12.1 Å². The Kier molecular flexibility index (Phi) is 3.00. The van der Waals surface area contributed by atoms with Gasteiger partial charge in [-0.3, -0.25) is 0 Å². The molecule has 3 atom stereocenters. The van der Waals surface area contributed by atoms with Gasteiger partial charge in [0.25, 0.3) is 0 Å². The van der Waals surface area contributed by atoms with Crippen molar-refractivity contribution in [3.05, 3.63) is 29.0 Å². The first-order valence-corrected chi connectivity index (χ1v) is 8.06. The van der Waals surface area contributed by atoms with Gasteiger partial charge in [0.1, 0.15) is 5.82 Å². The summed E-state index contributed by atoms with van der Waals surface area (Å²) in [7, 11) is 0. The van der Waals surface area contributed by atoms with Crippen LogP contribution in [0.1, 0.15) is 44.3 Å². The number of nitrogens with one attached hydrogen (secondary N) is 1. The summed E-state index contributed by atoms with van der Waals surface area (Å²) in [6.45, 7) is 3.25. The molecule has 0 radical (unpaired) electrons. The topological polar surface area (TPSA) is 29.9 Å². The molecule has 1 aromatic carbocycles. The van der Waals surface area contributed by atoms with Gasteiger partial charge in [-0.2, -0.15) is 0 Å². The van der Waals surface area contributed by atoms with Crippen molar-refractivity contribution < 1.29 is 0 Å². The van der Waals surface area contributed by atoms with Crippen molar-refractivity contribution in [2.75, 3.05) is 0 Å². The number of nitrogens with zero attached hydrogens (tertiary/aromatic N) is 2. The van der Waals surface area contributed by atoms with Gasteiger partial charge in [0.15, 0.2) is 0 Å². The maximum atomic E-state index is 6.17. The minimum atomic E-state index is 0.575. The molecule has 106 valence electrons. The second kappa shape index (κ2) is 4.74. The monoisotopic (exact) mass is 289 g/mol. The summed E-state index contributed by atoms with van der Waals surface area (Å²) in [5.74, 6) is 1.84.